The molecular weight excluding hydrogens is 480 g/mol. The third-order valence-electron chi connectivity index (χ3n) is 4.70. The fraction of sp³-hybridized carbons (Fsp3) is 0.143. The number of pyridine rings is 1. The number of halogens is 1. The first-order chi connectivity index (χ1) is 15.2. The van der Waals surface area contributed by atoms with Crippen molar-refractivity contribution in [3.8, 4) is 11.5 Å². The highest BCUT2D eigenvalue weighted by molar-refractivity contribution is 9.10. The molecule has 1 aromatic heterocycles. The second kappa shape index (κ2) is 8.56. The second-order valence-electron chi connectivity index (χ2n) is 6.76. The molecule has 0 amide bonds. The number of hydrogen-bond donors (Lipinski definition) is 1. The van der Waals surface area contributed by atoms with Crippen LogP contribution in [0.15, 0.2) is 76.1 Å². The Balaban J connectivity index is 1.32. The summed E-state index contributed by atoms with van der Waals surface area (Å²) in [5, 5.41) is 1.09. The zero-order valence-electron chi connectivity index (χ0n) is 16.2. The molecule has 1 aromatic carbocycles. The first-order valence-electron chi connectivity index (χ1n) is 9.49. The summed E-state index contributed by atoms with van der Waals surface area (Å²) in [4.78, 5) is 17.6. The van der Waals surface area contributed by atoms with Crippen LogP contribution in [0.1, 0.15) is 17.4 Å². The van der Waals surface area contributed by atoms with Crippen LogP contribution in [0, 0.1) is 0 Å². The monoisotopic (exact) mass is 496 g/mol. The number of aromatic nitrogens is 5. The maximum Gasteiger partial charge on any atom is 0.268 e. The molecule has 3 aliphatic heterocycles. The number of rotatable bonds is 6. The van der Waals surface area contributed by atoms with Gasteiger partial charge in [-0.3, -0.25) is 4.98 Å². The summed E-state index contributed by atoms with van der Waals surface area (Å²) >= 11 is 4.80. The molecule has 0 saturated heterocycles. The molecule has 0 fully saturated rings. The van der Waals surface area contributed by atoms with Crippen molar-refractivity contribution in [2.24, 2.45) is 0 Å². The number of nitrogens with zero attached hydrogens (tertiary/aromatic N) is 5. The number of anilines is 1. The van der Waals surface area contributed by atoms with E-state index in [4.69, 9.17) is 15.2 Å². The van der Waals surface area contributed by atoms with Crippen molar-refractivity contribution in [2.75, 3.05) is 5.73 Å². The predicted octanol–water partition coefficient (Wildman–Crippen LogP) is 4.40. The topological polar surface area (TPSA) is 101 Å². The van der Waals surface area contributed by atoms with Crippen molar-refractivity contribution >= 4 is 33.5 Å². The molecule has 1 atom stereocenters. The molecule has 0 saturated carbocycles. The molecule has 31 heavy (non-hydrogen) atoms. The lowest BCUT2D eigenvalue weighted by Crippen LogP contribution is -2.10. The Morgan fingerprint density at radius 2 is 2.06 bits per heavy atom. The van der Waals surface area contributed by atoms with Crippen molar-refractivity contribution in [1.29, 1.82) is 0 Å². The van der Waals surface area contributed by atoms with Gasteiger partial charge in [-0.05, 0) is 35.9 Å². The van der Waals surface area contributed by atoms with Crippen LogP contribution in [-0.2, 0) is 22.4 Å². The van der Waals surface area contributed by atoms with Gasteiger partial charge in [-0.1, -0.05) is 40.2 Å². The first-order valence-corrected chi connectivity index (χ1v) is 11.1. The number of benzene rings is 1. The number of ether oxygens (including phenoxy) is 2. The van der Waals surface area contributed by atoms with Crippen LogP contribution >= 0.6 is 27.7 Å². The smallest absolute Gasteiger partial charge is 0.268 e. The van der Waals surface area contributed by atoms with Gasteiger partial charge in [0.2, 0.25) is 5.09 Å². The van der Waals surface area contributed by atoms with E-state index >= 15 is 0 Å². The van der Waals surface area contributed by atoms with Crippen molar-refractivity contribution in [2.45, 2.75) is 24.4 Å². The Labute approximate surface area is 191 Å². The molecule has 3 aliphatic rings. The Bertz CT molecular complexity index is 1220. The van der Waals surface area contributed by atoms with E-state index in [1.165, 1.54) is 11.8 Å². The highest BCUT2D eigenvalue weighted by Gasteiger charge is 2.26. The van der Waals surface area contributed by atoms with Gasteiger partial charge < -0.3 is 19.8 Å². The van der Waals surface area contributed by atoms with E-state index < -0.39 is 6.29 Å². The maximum atomic E-state index is 6.05. The van der Waals surface area contributed by atoms with Crippen molar-refractivity contribution in [3.63, 3.8) is 0 Å². The summed E-state index contributed by atoms with van der Waals surface area (Å²) in [7, 11) is 0. The summed E-state index contributed by atoms with van der Waals surface area (Å²) in [5.41, 5.74) is 8.65. The van der Waals surface area contributed by atoms with Crippen LogP contribution < -0.4 is 5.73 Å². The number of aryl methyl sites for hydroxylation is 2. The molecule has 1 unspecified atom stereocenters. The number of nitrogens with two attached hydrogens (primary N) is 1. The van der Waals surface area contributed by atoms with Crippen LogP contribution in [0.3, 0.4) is 0 Å². The second-order valence-corrected chi connectivity index (χ2v) is 8.59. The number of thioether (sulfide) groups is 1. The molecule has 10 heteroatoms. The largest absolute Gasteiger partial charge is 0.454 e. The SMILES string of the molecule is Nc1ncn(CCc2cccnc2)c2nc(SC3=COC(c4ccccc4Br)O3)nc1-2. The molecule has 4 heterocycles. The molecular formula is C21H17BrN6O2S. The van der Waals surface area contributed by atoms with Crippen LogP contribution in [0.4, 0.5) is 5.82 Å². The maximum absolute atomic E-state index is 6.05. The van der Waals surface area contributed by atoms with Gasteiger partial charge in [-0.15, -0.1) is 0 Å². The Morgan fingerprint density at radius 1 is 1.16 bits per heavy atom. The molecule has 2 aromatic rings. The van der Waals surface area contributed by atoms with Gasteiger partial charge in [-0.25, -0.2) is 15.0 Å². The highest BCUT2D eigenvalue weighted by Crippen LogP contribution is 2.40. The molecule has 156 valence electrons. The van der Waals surface area contributed by atoms with Gasteiger partial charge in [0.25, 0.3) is 6.29 Å². The fourth-order valence-electron chi connectivity index (χ4n) is 3.16. The standard InChI is InChI=1S/C21H17BrN6O2S/c22-15-6-2-1-5-14(15)20-29-11-16(30-20)31-21-26-17-18(23)25-12-28(19(17)27-21)9-7-13-4-3-8-24-10-13/h1-6,8,10-12,20H,7,9,23H2. The summed E-state index contributed by atoms with van der Waals surface area (Å²) < 4.78 is 14.5. The van der Waals surface area contributed by atoms with Crippen molar-refractivity contribution in [1.82, 2.24) is 24.5 Å². The minimum absolute atomic E-state index is 0.343. The zero-order valence-corrected chi connectivity index (χ0v) is 18.6. The van der Waals surface area contributed by atoms with E-state index in [-0.39, 0.29) is 0 Å². The van der Waals surface area contributed by atoms with Gasteiger partial charge in [0.05, 0.1) is 6.33 Å². The molecule has 0 spiro atoms. The lowest BCUT2D eigenvalue weighted by atomic mass is 10.2. The summed E-state index contributed by atoms with van der Waals surface area (Å²) in [5.74, 6) is 1.02. The van der Waals surface area contributed by atoms with E-state index in [2.05, 4.69) is 35.9 Å². The van der Waals surface area contributed by atoms with E-state index in [1.807, 2.05) is 47.2 Å². The first kappa shape index (κ1) is 19.8. The van der Waals surface area contributed by atoms with Gasteiger partial charge in [0.1, 0.15) is 6.26 Å². The van der Waals surface area contributed by atoms with E-state index in [9.17, 15) is 0 Å². The normalized spacial score (nSPS) is 15.5. The third kappa shape index (κ3) is 4.21. The molecule has 0 aliphatic carbocycles. The quantitative estimate of drug-likeness (QED) is 0.419. The van der Waals surface area contributed by atoms with Gasteiger partial charge in [0.15, 0.2) is 22.5 Å². The highest BCUT2D eigenvalue weighted by atomic mass is 79.9. The summed E-state index contributed by atoms with van der Waals surface area (Å²) in [6.07, 6.45) is 7.16. The van der Waals surface area contributed by atoms with Gasteiger partial charge in [-0.2, -0.15) is 0 Å². The van der Waals surface area contributed by atoms with E-state index in [0.717, 1.165) is 22.0 Å². The lowest BCUT2D eigenvalue weighted by molar-refractivity contribution is -0.0278. The van der Waals surface area contributed by atoms with E-state index in [1.54, 1.807) is 18.8 Å². The van der Waals surface area contributed by atoms with Crippen LogP contribution in [0.5, 0.6) is 0 Å². The van der Waals surface area contributed by atoms with Crippen molar-refractivity contribution in [3.05, 3.63) is 82.1 Å². The van der Waals surface area contributed by atoms with Crippen molar-refractivity contribution < 1.29 is 9.47 Å². The molecule has 8 nitrogen and oxygen atoms in total. The van der Waals surface area contributed by atoms with E-state index in [0.29, 0.717) is 34.1 Å². The Kier molecular flexibility index (Phi) is 5.47. The molecule has 0 bridgehead atoms. The minimum Gasteiger partial charge on any atom is -0.454 e. The van der Waals surface area contributed by atoms with Crippen LogP contribution in [0.25, 0.3) is 11.5 Å². The van der Waals surface area contributed by atoms with Crippen LogP contribution in [0.2, 0.25) is 0 Å². The summed E-state index contributed by atoms with van der Waals surface area (Å²) in [6, 6.07) is 11.7. The Morgan fingerprint density at radius 3 is 2.90 bits per heavy atom. The third-order valence-corrected chi connectivity index (χ3v) is 6.18. The number of hydrogen-bond acceptors (Lipinski definition) is 8. The predicted molar refractivity (Wildman–Crippen MR) is 120 cm³/mol. The zero-order chi connectivity index (χ0) is 21.2. The lowest BCUT2D eigenvalue weighted by Gasteiger charge is -2.12. The summed E-state index contributed by atoms with van der Waals surface area (Å²) in [6.45, 7) is 0.685. The molecule has 2 N–H and O–H groups in total. The number of nitrogen functional groups attached to an aromatic ring is 1. The minimum atomic E-state index is -0.515. The average molecular weight is 497 g/mol. The number of imidazole rings is 1. The van der Waals surface area contributed by atoms with Gasteiger partial charge in [0, 0.05) is 29.0 Å². The Hall–Kier alpha value is -3.11. The molecule has 0 radical (unpaired) electrons. The van der Waals surface area contributed by atoms with Crippen LogP contribution in [-0.4, -0.2) is 24.5 Å². The number of fused-ring (bicyclic) bond motifs is 1. The molecule has 5 rings (SSSR count). The average Bonchev–Trinajstić information content (AvgIpc) is 3.42. The fourth-order valence-corrected chi connectivity index (χ4v) is 4.32. The van der Waals surface area contributed by atoms with Gasteiger partial charge >= 0.3 is 0 Å².